The summed E-state index contributed by atoms with van der Waals surface area (Å²) in [6.45, 7) is 0. The van der Waals surface area contributed by atoms with E-state index in [0.29, 0.717) is 28.6 Å². The maximum Gasteiger partial charge on any atom is 0.166 e. The number of rotatable bonds is 11. The van der Waals surface area contributed by atoms with Gasteiger partial charge in [0, 0.05) is 38.2 Å². The molecular formula is C83H51N7. The van der Waals surface area contributed by atoms with Crippen molar-refractivity contribution < 1.29 is 0 Å². The summed E-state index contributed by atoms with van der Waals surface area (Å²) in [7, 11) is 0. The molecule has 0 unspecified atom stereocenters. The molecule has 16 aromatic rings. The summed E-state index contributed by atoms with van der Waals surface area (Å²) in [5.41, 5.74) is 22.1. The molecule has 3 heterocycles. The molecule has 0 radical (unpaired) electrons. The van der Waals surface area contributed by atoms with Gasteiger partial charge in [0.05, 0.1) is 56.7 Å². The van der Waals surface area contributed by atoms with Crippen molar-refractivity contribution in [2.45, 2.75) is 0 Å². The Balaban J connectivity index is 0.984. The highest BCUT2D eigenvalue weighted by Gasteiger charge is 2.25. The minimum absolute atomic E-state index is 0.470. The lowest BCUT2D eigenvalue weighted by atomic mass is 9.99. The van der Waals surface area contributed by atoms with Crippen molar-refractivity contribution in [2.24, 2.45) is 0 Å². The summed E-state index contributed by atoms with van der Waals surface area (Å²) in [4.78, 5) is 16.9. The number of hydrogen-bond donors (Lipinski definition) is 0. The third-order valence-corrected chi connectivity index (χ3v) is 17.3. The fraction of sp³-hybridized carbons (Fsp3) is 0. The van der Waals surface area contributed by atoms with E-state index in [9.17, 15) is 10.5 Å². The topological polar surface area (TPSA) is 96.1 Å². The van der Waals surface area contributed by atoms with Gasteiger partial charge in [0.25, 0.3) is 0 Å². The second kappa shape index (κ2) is 22.4. The number of aromatic nitrogens is 5. The molecule has 0 fully saturated rings. The highest BCUT2D eigenvalue weighted by atomic mass is 15.1. The second-order valence-corrected chi connectivity index (χ2v) is 22.6. The highest BCUT2D eigenvalue weighted by molar-refractivity contribution is 6.14. The van der Waals surface area contributed by atoms with E-state index in [2.05, 4.69) is 252 Å². The average molecular weight is 1150 g/mol. The fourth-order valence-electron chi connectivity index (χ4n) is 12.8. The van der Waals surface area contributed by atoms with E-state index in [1.54, 1.807) is 0 Å². The van der Waals surface area contributed by atoms with Crippen LogP contribution in [0.1, 0.15) is 11.1 Å². The molecule has 0 atom stereocenters. The van der Waals surface area contributed by atoms with Crippen LogP contribution in [0.15, 0.2) is 309 Å². The van der Waals surface area contributed by atoms with E-state index in [4.69, 9.17) is 15.0 Å². The molecule has 0 saturated heterocycles. The summed E-state index contributed by atoms with van der Waals surface area (Å²) >= 11 is 0. The number of benzene rings is 13. The zero-order chi connectivity index (χ0) is 60.1. The molecule has 418 valence electrons. The maximum atomic E-state index is 9.92. The molecule has 0 amide bonds. The molecule has 0 aliphatic rings. The molecule has 0 aliphatic carbocycles. The molecule has 0 aliphatic heterocycles. The van der Waals surface area contributed by atoms with Crippen LogP contribution in [0.25, 0.3) is 156 Å². The van der Waals surface area contributed by atoms with Crippen LogP contribution in [0.5, 0.6) is 0 Å². The zero-order valence-corrected chi connectivity index (χ0v) is 48.6. The van der Waals surface area contributed by atoms with Gasteiger partial charge in [-0.15, -0.1) is 0 Å². The number of nitriles is 2. The zero-order valence-electron chi connectivity index (χ0n) is 48.6. The van der Waals surface area contributed by atoms with Crippen LogP contribution in [0.3, 0.4) is 0 Å². The van der Waals surface area contributed by atoms with Crippen molar-refractivity contribution in [3.05, 3.63) is 321 Å². The average Bonchev–Trinajstić information content (AvgIpc) is 1.58. The van der Waals surface area contributed by atoms with Crippen LogP contribution in [-0.2, 0) is 0 Å². The summed E-state index contributed by atoms with van der Waals surface area (Å²) in [6.07, 6.45) is 0. The van der Waals surface area contributed by atoms with Gasteiger partial charge in [-0.25, -0.2) is 15.0 Å². The molecule has 13 aromatic carbocycles. The minimum Gasteiger partial charge on any atom is -0.308 e. The first-order valence-corrected chi connectivity index (χ1v) is 30.0. The van der Waals surface area contributed by atoms with Gasteiger partial charge in [0.15, 0.2) is 17.5 Å². The standard InChI is InChI=1S/C83H51N7/c84-52-54-26-30-60(31-27-54)67-38-44-79(89-75-40-34-63(56-16-6-1-7-17-56)46-69(75)70-47-64(35-41-76(70)89)57-18-8-2-9-19-57)73(50-67)82-86-81(62-24-14-5-15-25-62)87-83(88-82)74-51-68(61-32-28-55(53-85)29-33-61)39-45-80(74)90-77-42-36-65(58-20-10-3-11-21-58)48-71(77)72-49-66(37-43-78(72)90)59-22-12-4-13-23-59/h1-51H. The van der Waals surface area contributed by atoms with E-state index < -0.39 is 0 Å². The Kier molecular flexibility index (Phi) is 13.2. The van der Waals surface area contributed by atoms with Gasteiger partial charge < -0.3 is 9.13 Å². The smallest absolute Gasteiger partial charge is 0.166 e. The first-order valence-electron chi connectivity index (χ1n) is 30.0. The van der Waals surface area contributed by atoms with Gasteiger partial charge in [-0.2, -0.15) is 10.5 Å². The Hall–Kier alpha value is -12.6. The quantitative estimate of drug-likeness (QED) is 0.129. The highest BCUT2D eigenvalue weighted by Crippen LogP contribution is 2.44. The fourth-order valence-corrected chi connectivity index (χ4v) is 12.8. The Morgan fingerprint density at radius 3 is 0.767 bits per heavy atom. The van der Waals surface area contributed by atoms with E-state index in [0.717, 1.165) is 138 Å². The molecule has 0 bridgehead atoms. The summed E-state index contributed by atoms with van der Waals surface area (Å²) < 4.78 is 4.72. The van der Waals surface area contributed by atoms with Crippen LogP contribution < -0.4 is 0 Å². The SMILES string of the molecule is N#Cc1ccc(-c2ccc(-n3c4ccc(-c5ccccc5)cc4c4cc(-c5ccccc5)ccc43)c(-c3nc(-c4ccccc4)nc(-c4cc(-c5ccc(C#N)cc5)ccc4-n4c5ccc(-c6ccccc6)cc5c5cc(-c6ccccc6)ccc54)n3)c2)cc1. The van der Waals surface area contributed by atoms with Gasteiger partial charge >= 0.3 is 0 Å². The Morgan fingerprint density at radius 1 is 0.222 bits per heavy atom. The van der Waals surface area contributed by atoms with Crippen LogP contribution in [0.2, 0.25) is 0 Å². The monoisotopic (exact) mass is 1150 g/mol. The van der Waals surface area contributed by atoms with Crippen LogP contribution in [0, 0.1) is 22.7 Å². The maximum absolute atomic E-state index is 9.92. The minimum atomic E-state index is 0.470. The number of fused-ring (bicyclic) bond motifs is 6. The lowest BCUT2D eigenvalue weighted by Gasteiger charge is -2.18. The summed E-state index contributed by atoms with van der Waals surface area (Å²) in [5.74, 6) is 1.45. The van der Waals surface area contributed by atoms with Crippen molar-refractivity contribution in [1.82, 2.24) is 24.1 Å². The van der Waals surface area contributed by atoms with Gasteiger partial charge in [0.1, 0.15) is 0 Å². The van der Waals surface area contributed by atoms with Crippen LogP contribution >= 0.6 is 0 Å². The lowest BCUT2D eigenvalue weighted by Crippen LogP contribution is -2.06. The van der Waals surface area contributed by atoms with Gasteiger partial charge in [-0.3, -0.25) is 0 Å². The van der Waals surface area contributed by atoms with Gasteiger partial charge in [-0.05, 0) is 164 Å². The van der Waals surface area contributed by atoms with E-state index in [-0.39, 0.29) is 0 Å². The predicted octanol–water partition coefficient (Wildman–Crippen LogP) is 20.8. The summed E-state index contributed by atoms with van der Waals surface area (Å²) in [6, 6.07) is 113. The molecule has 7 nitrogen and oxygen atoms in total. The van der Waals surface area contributed by atoms with Gasteiger partial charge in [-0.1, -0.05) is 212 Å². The first kappa shape index (κ1) is 53.0. The normalized spacial score (nSPS) is 11.3. The molecule has 7 heteroatoms. The van der Waals surface area contributed by atoms with Crippen molar-refractivity contribution >= 4 is 43.6 Å². The van der Waals surface area contributed by atoms with E-state index >= 15 is 0 Å². The molecule has 0 saturated carbocycles. The van der Waals surface area contributed by atoms with Crippen molar-refractivity contribution in [3.63, 3.8) is 0 Å². The largest absolute Gasteiger partial charge is 0.308 e. The third kappa shape index (κ3) is 9.53. The van der Waals surface area contributed by atoms with Crippen molar-refractivity contribution in [3.8, 4) is 124 Å². The molecule has 16 rings (SSSR count). The number of nitrogens with zero attached hydrogens (tertiary/aromatic N) is 7. The predicted molar refractivity (Wildman–Crippen MR) is 367 cm³/mol. The summed E-state index contributed by atoms with van der Waals surface area (Å²) in [5, 5.41) is 24.3. The molecule has 90 heavy (non-hydrogen) atoms. The molecular weight excluding hydrogens is 1090 g/mol. The molecule has 0 spiro atoms. The van der Waals surface area contributed by atoms with Crippen molar-refractivity contribution in [1.29, 1.82) is 10.5 Å². The third-order valence-electron chi connectivity index (χ3n) is 17.3. The van der Waals surface area contributed by atoms with E-state index in [1.807, 2.05) is 78.9 Å². The molecule has 0 N–H and O–H groups in total. The molecule has 3 aromatic heterocycles. The van der Waals surface area contributed by atoms with Crippen molar-refractivity contribution in [2.75, 3.05) is 0 Å². The Bertz CT molecular complexity index is 4990. The Labute approximate surface area is 520 Å². The lowest BCUT2D eigenvalue weighted by molar-refractivity contribution is 1.06. The van der Waals surface area contributed by atoms with Crippen LogP contribution in [0.4, 0.5) is 0 Å². The second-order valence-electron chi connectivity index (χ2n) is 22.6. The Morgan fingerprint density at radius 2 is 0.467 bits per heavy atom. The van der Waals surface area contributed by atoms with E-state index in [1.165, 1.54) is 0 Å². The van der Waals surface area contributed by atoms with Gasteiger partial charge in [0.2, 0.25) is 0 Å². The number of hydrogen-bond acceptors (Lipinski definition) is 5. The van der Waals surface area contributed by atoms with Crippen LogP contribution in [-0.4, -0.2) is 24.1 Å². The first-order chi connectivity index (χ1) is 44.5.